The maximum atomic E-state index is 9.57. The molecule has 22 heavy (non-hydrogen) atoms. The Bertz CT molecular complexity index is 942. The van der Waals surface area contributed by atoms with E-state index in [1.807, 2.05) is 42.5 Å². The van der Waals surface area contributed by atoms with Crippen molar-refractivity contribution < 1.29 is 9.52 Å². The molecule has 0 radical (unpaired) electrons. The molecule has 0 fully saturated rings. The number of hydrogen-bond donors (Lipinski definition) is 1. The molecule has 0 amide bonds. The summed E-state index contributed by atoms with van der Waals surface area (Å²) in [6, 6.07) is 23.0. The van der Waals surface area contributed by atoms with Crippen molar-refractivity contribution in [1.29, 1.82) is 0 Å². The van der Waals surface area contributed by atoms with Crippen LogP contribution < -0.4 is 0 Å². The van der Waals surface area contributed by atoms with Gasteiger partial charge in [0.1, 0.15) is 11.3 Å². The molecule has 106 valence electrons. The van der Waals surface area contributed by atoms with E-state index in [1.165, 1.54) is 0 Å². The third-order valence-corrected chi connectivity index (χ3v) is 3.59. The van der Waals surface area contributed by atoms with Crippen molar-refractivity contribution in [2.75, 3.05) is 0 Å². The summed E-state index contributed by atoms with van der Waals surface area (Å²) in [5.74, 6) is 0.709. The topological polar surface area (TPSA) is 46.3 Å². The zero-order valence-electron chi connectivity index (χ0n) is 11.7. The first-order valence-electron chi connectivity index (χ1n) is 7.05. The van der Waals surface area contributed by atoms with Crippen LogP contribution in [0.15, 0.2) is 77.2 Å². The van der Waals surface area contributed by atoms with Gasteiger partial charge in [-0.3, -0.25) is 0 Å². The molecule has 1 aromatic heterocycles. The highest BCUT2D eigenvalue weighted by atomic mass is 16.3. The standard InChI is InChI=1S/C19H13NO2/c21-16-8-4-7-15(11-16)19-20-17-12-14(9-10-18(17)22-19)13-5-2-1-3-6-13/h1-12,21H. The van der Waals surface area contributed by atoms with Crippen molar-refractivity contribution in [3.8, 4) is 28.3 Å². The lowest BCUT2D eigenvalue weighted by Gasteiger charge is -1.99. The number of aromatic hydroxyl groups is 1. The minimum Gasteiger partial charge on any atom is -0.508 e. The number of fused-ring (bicyclic) bond motifs is 1. The quantitative estimate of drug-likeness (QED) is 0.572. The second-order valence-corrected chi connectivity index (χ2v) is 5.12. The van der Waals surface area contributed by atoms with Crippen molar-refractivity contribution in [2.45, 2.75) is 0 Å². The molecule has 3 heteroatoms. The SMILES string of the molecule is Oc1cccc(-c2nc3cc(-c4ccccc4)ccc3o2)c1. The molecule has 3 nitrogen and oxygen atoms in total. The van der Waals surface area contributed by atoms with Gasteiger partial charge in [0, 0.05) is 5.56 Å². The Morgan fingerprint density at radius 3 is 2.36 bits per heavy atom. The van der Waals surface area contributed by atoms with Crippen LogP contribution in [0.4, 0.5) is 0 Å². The summed E-state index contributed by atoms with van der Waals surface area (Å²) in [7, 11) is 0. The second kappa shape index (κ2) is 5.04. The first kappa shape index (κ1) is 12.7. The molecule has 1 heterocycles. The fourth-order valence-corrected chi connectivity index (χ4v) is 2.50. The van der Waals surface area contributed by atoms with Gasteiger partial charge in [0.15, 0.2) is 5.58 Å². The van der Waals surface area contributed by atoms with Gasteiger partial charge >= 0.3 is 0 Å². The summed E-state index contributed by atoms with van der Waals surface area (Å²) < 4.78 is 5.78. The normalized spacial score (nSPS) is 10.9. The molecule has 0 aliphatic heterocycles. The Hall–Kier alpha value is -3.07. The predicted octanol–water partition coefficient (Wildman–Crippen LogP) is 4.87. The molecule has 0 saturated carbocycles. The lowest BCUT2D eigenvalue weighted by atomic mass is 10.1. The molecule has 0 aliphatic rings. The van der Waals surface area contributed by atoms with E-state index < -0.39 is 0 Å². The fourth-order valence-electron chi connectivity index (χ4n) is 2.50. The number of hydrogen-bond acceptors (Lipinski definition) is 3. The van der Waals surface area contributed by atoms with Gasteiger partial charge in [-0.1, -0.05) is 42.5 Å². The highest BCUT2D eigenvalue weighted by Crippen LogP contribution is 2.29. The zero-order valence-corrected chi connectivity index (χ0v) is 11.7. The highest BCUT2D eigenvalue weighted by Gasteiger charge is 2.09. The molecular weight excluding hydrogens is 274 g/mol. The first-order valence-corrected chi connectivity index (χ1v) is 7.05. The minimum absolute atomic E-state index is 0.199. The summed E-state index contributed by atoms with van der Waals surface area (Å²) in [6.07, 6.45) is 0. The van der Waals surface area contributed by atoms with Gasteiger partial charge in [0.05, 0.1) is 0 Å². The van der Waals surface area contributed by atoms with Gasteiger partial charge in [-0.05, 0) is 41.5 Å². The van der Waals surface area contributed by atoms with Crippen LogP contribution in [0.2, 0.25) is 0 Å². The van der Waals surface area contributed by atoms with Crippen LogP contribution in [-0.4, -0.2) is 10.1 Å². The van der Waals surface area contributed by atoms with Crippen molar-refractivity contribution >= 4 is 11.1 Å². The van der Waals surface area contributed by atoms with Crippen LogP contribution in [0.3, 0.4) is 0 Å². The van der Waals surface area contributed by atoms with Crippen molar-refractivity contribution in [3.63, 3.8) is 0 Å². The lowest BCUT2D eigenvalue weighted by molar-refractivity contribution is 0.475. The van der Waals surface area contributed by atoms with E-state index in [9.17, 15) is 5.11 Å². The van der Waals surface area contributed by atoms with Gasteiger partial charge < -0.3 is 9.52 Å². The van der Waals surface area contributed by atoms with E-state index in [-0.39, 0.29) is 5.75 Å². The number of aromatic nitrogens is 1. The Labute approximate surface area is 127 Å². The molecule has 0 saturated heterocycles. The fraction of sp³-hybridized carbons (Fsp3) is 0. The third-order valence-electron chi connectivity index (χ3n) is 3.59. The molecule has 0 spiro atoms. The average molecular weight is 287 g/mol. The van der Waals surface area contributed by atoms with E-state index in [0.29, 0.717) is 5.89 Å². The molecular formula is C19H13NO2. The van der Waals surface area contributed by atoms with Crippen LogP contribution in [0.5, 0.6) is 5.75 Å². The Balaban J connectivity index is 1.82. The van der Waals surface area contributed by atoms with E-state index in [4.69, 9.17) is 4.42 Å². The van der Waals surface area contributed by atoms with Gasteiger partial charge in [-0.2, -0.15) is 0 Å². The Kier molecular flexibility index (Phi) is 2.90. The molecule has 3 aromatic carbocycles. The predicted molar refractivity (Wildman–Crippen MR) is 86.5 cm³/mol. The van der Waals surface area contributed by atoms with E-state index in [0.717, 1.165) is 27.8 Å². The zero-order chi connectivity index (χ0) is 14.9. The van der Waals surface area contributed by atoms with E-state index >= 15 is 0 Å². The highest BCUT2D eigenvalue weighted by molar-refractivity contribution is 5.82. The number of rotatable bonds is 2. The molecule has 4 aromatic rings. The Morgan fingerprint density at radius 2 is 1.55 bits per heavy atom. The first-order chi connectivity index (χ1) is 10.8. The summed E-state index contributed by atoms with van der Waals surface area (Å²) in [6.45, 7) is 0. The number of phenols is 1. The van der Waals surface area contributed by atoms with Gasteiger partial charge in [0.2, 0.25) is 5.89 Å². The van der Waals surface area contributed by atoms with Crippen LogP contribution >= 0.6 is 0 Å². The number of nitrogens with zero attached hydrogens (tertiary/aromatic N) is 1. The monoisotopic (exact) mass is 287 g/mol. The van der Waals surface area contributed by atoms with Crippen LogP contribution in [-0.2, 0) is 0 Å². The van der Waals surface area contributed by atoms with Crippen molar-refractivity contribution in [1.82, 2.24) is 4.98 Å². The molecule has 4 rings (SSSR count). The lowest BCUT2D eigenvalue weighted by Crippen LogP contribution is -1.78. The Morgan fingerprint density at radius 1 is 0.727 bits per heavy atom. The van der Waals surface area contributed by atoms with Gasteiger partial charge in [0.25, 0.3) is 0 Å². The molecule has 0 aliphatic carbocycles. The molecule has 1 N–H and O–H groups in total. The van der Waals surface area contributed by atoms with Crippen molar-refractivity contribution in [2.24, 2.45) is 0 Å². The smallest absolute Gasteiger partial charge is 0.227 e. The van der Waals surface area contributed by atoms with Gasteiger partial charge in [-0.15, -0.1) is 0 Å². The molecule has 0 atom stereocenters. The largest absolute Gasteiger partial charge is 0.508 e. The maximum absolute atomic E-state index is 9.57. The number of benzene rings is 3. The minimum atomic E-state index is 0.199. The summed E-state index contributed by atoms with van der Waals surface area (Å²) in [4.78, 5) is 4.53. The van der Waals surface area contributed by atoms with Crippen LogP contribution in [0.1, 0.15) is 0 Å². The second-order valence-electron chi connectivity index (χ2n) is 5.12. The van der Waals surface area contributed by atoms with Crippen molar-refractivity contribution in [3.05, 3.63) is 72.8 Å². The summed E-state index contributed by atoms with van der Waals surface area (Å²) in [5.41, 5.74) is 4.55. The van der Waals surface area contributed by atoms with Crippen LogP contribution in [0.25, 0.3) is 33.7 Å². The van der Waals surface area contributed by atoms with Gasteiger partial charge in [-0.25, -0.2) is 4.98 Å². The maximum Gasteiger partial charge on any atom is 0.227 e. The van der Waals surface area contributed by atoms with E-state index in [2.05, 4.69) is 17.1 Å². The number of phenolic OH excluding ortho intramolecular Hbond substituents is 1. The number of oxazole rings is 1. The summed E-state index contributed by atoms with van der Waals surface area (Å²) in [5, 5.41) is 9.57. The molecule has 0 unspecified atom stereocenters. The van der Waals surface area contributed by atoms with Crippen LogP contribution in [0, 0.1) is 0 Å². The third kappa shape index (κ3) is 2.23. The average Bonchev–Trinajstić information content (AvgIpc) is 2.99. The van der Waals surface area contributed by atoms with E-state index in [1.54, 1.807) is 18.2 Å². The summed E-state index contributed by atoms with van der Waals surface area (Å²) >= 11 is 0. The molecule has 0 bridgehead atoms.